The molecule has 3 unspecified atom stereocenters. The van der Waals surface area contributed by atoms with E-state index in [1.54, 1.807) is 24.3 Å². The monoisotopic (exact) mass is 450 g/mol. The van der Waals surface area contributed by atoms with Gasteiger partial charge in [-0.1, -0.05) is 45.2 Å². The minimum Gasteiger partial charge on any atom is -0.489 e. The van der Waals surface area contributed by atoms with Crippen molar-refractivity contribution in [2.75, 3.05) is 0 Å². The third-order valence-electron chi connectivity index (χ3n) is 6.66. The molecule has 2 N–H and O–H groups in total. The van der Waals surface area contributed by atoms with Gasteiger partial charge in [-0.3, -0.25) is 0 Å². The van der Waals surface area contributed by atoms with Crippen LogP contribution >= 0.6 is 0 Å². The van der Waals surface area contributed by atoms with E-state index in [-0.39, 0.29) is 31.9 Å². The molecule has 176 valence electrons. The van der Waals surface area contributed by atoms with E-state index >= 15 is 0 Å². The lowest BCUT2D eigenvalue weighted by Crippen LogP contribution is -2.35. The molecular weight excluding hydrogens is 416 g/mol. The molecule has 3 rings (SSSR count). The van der Waals surface area contributed by atoms with Gasteiger partial charge in [0.05, 0.1) is 18.8 Å². The van der Waals surface area contributed by atoms with Gasteiger partial charge >= 0.3 is 5.97 Å². The topological polar surface area (TPSA) is 76.0 Å². The van der Waals surface area contributed by atoms with Crippen molar-refractivity contribution in [3.05, 3.63) is 64.2 Å². The number of carbonyl (C=O) groups excluding carboxylic acids is 1. The molecule has 2 aromatic carbocycles. The number of aliphatic hydroxyl groups excluding tert-OH is 2. The Labute approximate surface area is 196 Å². The lowest BCUT2D eigenvalue weighted by Gasteiger charge is -2.36. The van der Waals surface area contributed by atoms with Crippen LogP contribution in [0, 0.1) is 30.1 Å². The normalized spacial score (nSPS) is 20.3. The highest BCUT2D eigenvalue weighted by molar-refractivity contribution is 5.89. The number of rotatable bonds is 8. The third kappa shape index (κ3) is 5.96. The van der Waals surface area contributed by atoms with Gasteiger partial charge in [-0.05, 0) is 60.4 Å². The van der Waals surface area contributed by atoms with Crippen LogP contribution < -0.4 is 4.74 Å². The van der Waals surface area contributed by atoms with Crippen LogP contribution in [0.4, 0.5) is 0 Å². The maximum Gasteiger partial charge on any atom is 0.338 e. The summed E-state index contributed by atoms with van der Waals surface area (Å²) < 4.78 is 11.8. The molecule has 0 aliphatic heterocycles. The molecule has 0 aromatic heterocycles. The van der Waals surface area contributed by atoms with Gasteiger partial charge in [-0.25, -0.2) is 4.79 Å². The molecule has 5 heteroatoms. The van der Waals surface area contributed by atoms with Crippen LogP contribution in [0.15, 0.2) is 36.4 Å². The number of aliphatic hydroxyl groups is 2. The molecule has 0 heterocycles. The van der Waals surface area contributed by atoms with Crippen LogP contribution in [0.2, 0.25) is 0 Å². The van der Waals surface area contributed by atoms with E-state index in [4.69, 9.17) is 15.9 Å². The fraction of sp³-hybridized carbons (Fsp3) is 0.464. The summed E-state index contributed by atoms with van der Waals surface area (Å²) in [7, 11) is 0. The maximum absolute atomic E-state index is 12.8. The molecule has 0 bridgehead atoms. The van der Waals surface area contributed by atoms with Gasteiger partial charge in [0.2, 0.25) is 0 Å². The van der Waals surface area contributed by atoms with Crippen molar-refractivity contribution in [3.8, 4) is 18.1 Å². The highest BCUT2D eigenvalue weighted by Crippen LogP contribution is 2.35. The van der Waals surface area contributed by atoms with Crippen molar-refractivity contribution in [2.45, 2.75) is 66.0 Å². The molecule has 0 spiro atoms. The van der Waals surface area contributed by atoms with E-state index in [1.165, 1.54) is 6.42 Å². The summed E-state index contributed by atoms with van der Waals surface area (Å²) in [6.07, 6.45) is 8.64. The van der Waals surface area contributed by atoms with Gasteiger partial charge in [0.15, 0.2) is 0 Å². The maximum atomic E-state index is 12.8. The van der Waals surface area contributed by atoms with Crippen LogP contribution in [-0.2, 0) is 24.6 Å². The first kappa shape index (κ1) is 24.8. The zero-order valence-electron chi connectivity index (χ0n) is 19.7. The Kier molecular flexibility index (Phi) is 8.55. The average molecular weight is 451 g/mol. The predicted molar refractivity (Wildman–Crippen MR) is 128 cm³/mol. The zero-order chi connectivity index (χ0) is 24.0. The molecular formula is C28H34O5. The first-order chi connectivity index (χ1) is 15.9. The second-order valence-electron chi connectivity index (χ2n) is 9.28. The standard InChI is InChI=1S/C28H34O5/c1-5-21-11-13-26(25(16-30)24(21)15-29)32-17-20-7-9-22(10-8-20)28(31)33-27-14-19(4)6-12-23(27)18(2)3/h1,7-11,13,18-19,23,27,29-30H,6,12,14-17H2,2-4H3. The SMILES string of the molecule is C#Cc1ccc(OCc2ccc(C(=O)OC3CC(C)CCC3C(C)C)cc2)c(CO)c1CO. The second-order valence-corrected chi connectivity index (χ2v) is 9.28. The zero-order valence-corrected chi connectivity index (χ0v) is 19.7. The molecule has 5 nitrogen and oxygen atoms in total. The summed E-state index contributed by atoms with van der Waals surface area (Å²) in [4.78, 5) is 12.8. The van der Waals surface area contributed by atoms with Crippen molar-refractivity contribution in [1.29, 1.82) is 0 Å². The van der Waals surface area contributed by atoms with E-state index < -0.39 is 0 Å². The lowest BCUT2D eigenvalue weighted by molar-refractivity contribution is -0.0174. The summed E-state index contributed by atoms with van der Waals surface area (Å²) in [5.41, 5.74) is 2.90. The first-order valence-corrected chi connectivity index (χ1v) is 11.6. The number of hydrogen-bond donors (Lipinski definition) is 2. The third-order valence-corrected chi connectivity index (χ3v) is 6.66. The number of carbonyl (C=O) groups is 1. The molecule has 3 atom stereocenters. The Bertz CT molecular complexity index is 987. The van der Waals surface area contributed by atoms with Crippen molar-refractivity contribution in [3.63, 3.8) is 0 Å². The number of benzene rings is 2. The van der Waals surface area contributed by atoms with E-state index in [9.17, 15) is 15.0 Å². The molecule has 0 saturated heterocycles. The summed E-state index contributed by atoms with van der Waals surface area (Å²) >= 11 is 0. The summed E-state index contributed by atoms with van der Waals surface area (Å²) in [5.74, 6) is 4.15. The molecule has 33 heavy (non-hydrogen) atoms. The number of terminal acetylenes is 1. The van der Waals surface area contributed by atoms with Crippen LogP contribution in [-0.4, -0.2) is 22.3 Å². The quantitative estimate of drug-likeness (QED) is 0.444. The predicted octanol–water partition coefficient (Wildman–Crippen LogP) is 4.85. The average Bonchev–Trinajstić information content (AvgIpc) is 2.82. The number of hydrogen-bond acceptors (Lipinski definition) is 5. The smallest absolute Gasteiger partial charge is 0.338 e. The van der Waals surface area contributed by atoms with Crippen molar-refractivity contribution < 1.29 is 24.5 Å². The van der Waals surface area contributed by atoms with Gasteiger partial charge in [0, 0.05) is 16.7 Å². The fourth-order valence-corrected chi connectivity index (χ4v) is 4.65. The van der Waals surface area contributed by atoms with E-state index in [2.05, 4.69) is 26.7 Å². The van der Waals surface area contributed by atoms with Crippen molar-refractivity contribution >= 4 is 5.97 Å². The van der Waals surface area contributed by atoms with Crippen molar-refractivity contribution in [1.82, 2.24) is 0 Å². The Morgan fingerprint density at radius 2 is 1.79 bits per heavy atom. The van der Waals surface area contributed by atoms with E-state index in [1.807, 2.05) is 12.1 Å². The molecule has 1 aliphatic rings. The molecule has 0 amide bonds. The fourth-order valence-electron chi connectivity index (χ4n) is 4.65. The highest BCUT2D eigenvalue weighted by atomic mass is 16.5. The molecule has 1 saturated carbocycles. The van der Waals surface area contributed by atoms with E-state index in [0.717, 1.165) is 18.4 Å². The lowest BCUT2D eigenvalue weighted by atomic mass is 9.75. The van der Waals surface area contributed by atoms with Gasteiger partial charge < -0.3 is 19.7 Å². The second kappa shape index (κ2) is 11.4. The van der Waals surface area contributed by atoms with Crippen LogP contribution in [0.5, 0.6) is 5.75 Å². The van der Waals surface area contributed by atoms with Crippen LogP contribution in [0.1, 0.15) is 72.6 Å². The highest BCUT2D eigenvalue weighted by Gasteiger charge is 2.33. The summed E-state index contributed by atoms with van der Waals surface area (Å²) in [6, 6.07) is 10.6. The summed E-state index contributed by atoms with van der Waals surface area (Å²) in [6.45, 7) is 6.30. The van der Waals surface area contributed by atoms with Crippen molar-refractivity contribution in [2.24, 2.45) is 17.8 Å². The molecule has 1 fully saturated rings. The van der Waals surface area contributed by atoms with Crippen LogP contribution in [0.25, 0.3) is 0 Å². The number of esters is 1. The first-order valence-electron chi connectivity index (χ1n) is 11.6. The minimum atomic E-state index is -0.289. The van der Waals surface area contributed by atoms with Gasteiger partial charge in [0.25, 0.3) is 0 Å². The van der Waals surface area contributed by atoms with Crippen LogP contribution in [0.3, 0.4) is 0 Å². The summed E-state index contributed by atoms with van der Waals surface area (Å²) in [5, 5.41) is 19.4. The number of ether oxygens (including phenoxy) is 2. The minimum absolute atomic E-state index is 0.0344. The van der Waals surface area contributed by atoms with Gasteiger partial charge in [-0.15, -0.1) is 6.42 Å². The Balaban J connectivity index is 1.65. The van der Waals surface area contributed by atoms with Gasteiger partial charge in [0.1, 0.15) is 18.5 Å². The van der Waals surface area contributed by atoms with Gasteiger partial charge in [-0.2, -0.15) is 0 Å². The Morgan fingerprint density at radius 3 is 2.39 bits per heavy atom. The Morgan fingerprint density at radius 1 is 1.09 bits per heavy atom. The molecule has 1 aliphatic carbocycles. The van der Waals surface area contributed by atoms with E-state index in [0.29, 0.717) is 45.8 Å². The molecule has 0 radical (unpaired) electrons. The molecule has 2 aromatic rings. The largest absolute Gasteiger partial charge is 0.489 e. The Hall–Kier alpha value is -2.81.